The zero-order chi connectivity index (χ0) is 15.4. The Bertz CT molecular complexity index is 598. The van der Waals surface area contributed by atoms with Crippen molar-refractivity contribution >= 4 is 0 Å². The van der Waals surface area contributed by atoms with Gasteiger partial charge in [-0.25, -0.2) is 0 Å². The van der Waals surface area contributed by atoms with Crippen molar-refractivity contribution in [3.8, 4) is 28.5 Å². The summed E-state index contributed by atoms with van der Waals surface area (Å²) < 4.78 is 16.7. The largest absolute Gasteiger partial charge is 0.493 e. The van der Waals surface area contributed by atoms with Gasteiger partial charge in [-0.15, -0.1) is 0 Å². The van der Waals surface area contributed by atoms with Crippen molar-refractivity contribution in [2.45, 2.75) is 26.9 Å². The third-order valence-corrected chi connectivity index (χ3v) is 3.03. The molecule has 0 unspecified atom stereocenters. The van der Waals surface area contributed by atoms with Crippen LogP contribution >= 0.6 is 0 Å². The number of benzene rings is 1. The van der Waals surface area contributed by atoms with Crippen LogP contribution in [0.4, 0.5) is 0 Å². The molecular weight excluding hydrogens is 266 g/mol. The van der Waals surface area contributed by atoms with Gasteiger partial charge in [-0.05, 0) is 50.6 Å². The van der Waals surface area contributed by atoms with E-state index >= 15 is 0 Å². The molecule has 0 radical (unpaired) electrons. The zero-order valence-electron chi connectivity index (χ0n) is 13.1. The summed E-state index contributed by atoms with van der Waals surface area (Å²) in [6.45, 7) is 5.97. The van der Waals surface area contributed by atoms with Gasteiger partial charge < -0.3 is 14.2 Å². The van der Waals surface area contributed by atoms with Crippen LogP contribution in [0.1, 0.15) is 19.4 Å². The minimum absolute atomic E-state index is 0.0377. The molecule has 0 N–H and O–H groups in total. The number of aromatic nitrogens is 1. The van der Waals surface area contributed by atoms with Crippen LogP contribution < -0.4 is 14.2 Å². The molecule has 112 valence electrons. The fourth-order valence-electron chi connectivity index (χ4n) is 2.07. The second kappa shape index (κ2) is 6.48. The molecule has 2 aromatic rings. The molecule has 4 nitrogen and oxygen atoms in total. The van der Waals surface area contributed by atoms with Crippen LogP contribution in [0.5, 0.6) is 17.2 Å². The number of aryl methyl sites for hydroxylation is 1. The molecule has 0 spiro atoms. The second-order valence-electron chi connectivity index (χ2n) is 5.09. The summed E-state index contributed by atoms with van der Waals surface area (Å²) in [4.78, 5) is 4.40. The fourth-order valence-corrected chi connectivity index (χ4v) is 2.07. The number of hydrogen-bond acceptors (Lipinski definition) is 4. The van der Waals surface area contributed by atoms with E-state index in [1.807, 2.05) is 45.0 Å². The van der Waals surface area contributed by atoms with Gasteiger partial charge in [0.05, 0.1) is 26.0 Å². The van der Waals surface area contributed by atoms with Crippen LogP contribution in [-0.4, -0.2) is 25.3 Å². The first kappa shape index (κ1) is 15.2. The lowest BCUT2D eigenvalue weighted by Gasteiger charge is -2.18. The molecule has 0 aliphatic rings. The molecule has 1 aromatic heterocycles. The van der Waals surface area contributed by atoms with Crippen molar-refractivity contribution in [3.05, 3.63) is 36.0 Å². The monoisotopic (exact) mass is 287 g/mol. The summed E-state index contributed by atoms with van der Waals surface area (Å²) in [7, 11) is 3.24. The number of ether oxygens (including phenoxy) is 3. The van der Waals surface area contributed by atoms with E-state index < -0.39 is 0 Å². The molecule has 0 aliphatic carbocycles. The summed E-state index contributed by atoms with van der Waals surface area (Å²) >= 11 is 0. The molecule has 4 heteroatoms. The normalized spacial score (nSPS) is 10.6. The maximum Gasteiger partial charge on any atom is 0.203 e. The molecule has 1 aromatic carbocycles. The van der Waals surface area contributed by atoms with Gasteiger partial charge in [0.25, 0.3) is 0 Å². The molecule has 0 bridgehead atoms. The summed E-state index contributed by atoms with van der Waals surface area (Å²) in [6, 6.07) is 7.83. The van der Waals surface area contributed by atoms with E-state index in [0.29, 0.717) is 17.2 Å². The van der Waals surface area contributed by atoms with Crippen LogP contribution in [0.2, 0.25) is 0 Å². The van der Waals surface area contributed by atoms with Gasteiger partial charge in [-0.3, -0.25) is 4.98 Å². The predicted octanol–water partition coefficient (Wildman–Crippen LogP) is 3.86. The zero-order valence-corrected chi connectivity index (χ0v) is 13.1. The van der Waals surface area contributed by atoms with Crippen LogP contribution in [0.15, 0.2) is 30.5 Å². The molecule has 2 rings (SSSR count). The molecule has 0 saturated carbocycles. The van der Waals surface area contributed by atoms with Crippen LogP contribution in [-0.2, 0) is 0 Å². The molecular formula is C17H21NO3. The highest BCUT2D eigenvalue weighted by Gasteiger charge is 2.16. The molecule has 0 amide bonds. The van der Waals surface area contributed by atoms with E-state index in [1.165, 1.54) is 0 Å². The minimum atomic E-state index is 0.0377. The van der Waals surface area contributed by atoms with Gasteiger partial charge in [-0.1, -0.05) is 0 Å². The smallest absolute Gasteiger partial charge is 0.203 e. The maximum absolute atomic E-state index is 5.80. The standard InChI is InChI=1S/C17H21NO3/c1-11(2)21-17-15(19-4)9-13(10-16(17)20-5)14-8-12(3)6-7-18-14/h6-11H,1-5H3. The molecule has 0 fully saturated rings. The van der Waals surface area contributed by atoms with Gasteiger partial charge in [-0.2, -0.15) is 0 Å². The average Bonchev–Trinajstić information content (AvgIpc) is 2.46. The van der Waals surface area contributed by atoms with E-state index in [0.717, 1.165) is 16.8 Å². The molecule has 21 heavy (non-hydrogen) atoms. The Morgan fingerprint density at radius 1 is 1.00 bits per heavy atom. The molecule has 0 aliphatic heterocycles. The highest BCUT2D eigenvalue weighted by atomic mass is 16.5. The molecule has 0 saturated heterocycles. The third-order valence-electron chi connectivity index (χ3n) is 3.03. The quantitative estimate of drug-likeness (QED) is 0.837. The SMILES string of the molecule is COc1cc(-c2cc(C)ccn2)cc(OC)c1OC(C)C. The Hall–Kier alpha value is -2.23. The number of rotatable bonds is 5. The van der Waals surface area contributed by atoms with Crippen molar-refractivity contribution in [1.82, 2.24) is 4.98 Å². The highest BCUT2D eigenvalue weighted by Crippen LogP contribution is 2.41. The average molecular weight is 287 g/mol. The van der Waals surface area contributed by atoms with Gasteiger partial charge in [0.15, 0.2) is 11.5 Å². The fraction of sp³-hybridized carbons (Fsp3) is 0.353. The summed E-state index contributed by atoms with van der Waals surface area (Å²) in [5.41, 5.74) is 2.96. The van der Waals surface area contributed by atoms with Crippen molar-refractivity contribution in [3.63, 3.8) is 0 Å². The van der Waals surface area contributed by atoms with Crippen LogP contribution in [0.3, 0.4) is 0 Å². The van der Waals surface area contributed by atoms with Crippen molar-refractivity contribution in [2.24, 2.45) is 0 Å². The Kier molecular flexibility index (Phi) is 4.68. The van der Waals surface area contributed by atoms with E-state index in [4.69, 9.17) is 14.2 Å². The Morgan fingerprint density at radius 2 is 1.62 bits per heavy atom. The van der Waals surface area contributed by atoms with Crippen molar-refractivity contribution in [2.75, 3.05) is 14.2 Å². The van der Waals surface area contributed by atoms with Crippen molar-refractivity contribution in [1.29, 1.82) is 0 Å². The maximum atomic E-state index is 5.80. The second-order valence-corrected chi connectivity index (χ2v) is 5.09. The number of pyridine rings is 1. The Morgan fingerprint density at radius 3 is 2.10 bits per heavy atom. The van der Waals surface area contributed by atoms with Gasteiger partial charge in [0.2, 0.25) is 5.75 Å². The lowest BCUT2D eigenvalue weighted by molar-refractivity contribution is 0.218. The summed E-state index contributed by atoms with van der Waals surface area (Å²) in [5.74, 6) is 1.90. The molecule has 0 atom stereocenters. The predicted molar refractivity (Wildman–Crippen MR) is 83.3 cm³/mol. The van der Waals surface area contributed by atoms with E-state index in [2.05, 4.69) is 4.98 Å². The number of hydrogen-bond donors (Lipinski definition) is 0. The minimum Gasteiger partial charge on any atom is -0.493 e. The lowest BCUT2D eigenvalue weighted by atomic mass is 10.1. The number of methoxy groups -OCH3 is 2. The van der Waals surface area contributed by atoms with Gasteiger partial charge >= 0.3 is 0 Å². The molecule has 1 heterocycles. The Balaban J connectivity index is 2.54. The van der Waals surface area contributed by atoms with E-state index in [1.54, 1.807) is 20.4 Å². The summed E-state index contributed by atoms with van der Waals surface area (Å²) in [5, 5.41) is 0. The van der Waals surface area contributed by atoms with Gasteiger partial charge in [0, 0.05) is 11.8 Å². The first-order valence-corrected chi connectivity index (χ1v) is 6.91. The van der Waals surface area contributed by atoms with Crippen LogP contribution in [0, 0.1) is 6.92 Å². The van der Waals surface area contributed by atoms with Crippen molar-refractivity contribution < 1.29 is 14.2 Å². The van der Waals surface area contributed by atoms with E-state index in [-0.39, 0.29) is 6.10 Å². The third kappa shape index (κ3) is 3.45. The lowest BCUT2D eigenvalue weighted by Crippen LogP contribution is -2.08. The topological polar surface area (TPSA) is 40.6 Å². The Labute approximate surface area is 125 Å². The first-order valence-electron chi connectivity index (χ1n) is 6.91. The first-order chi connectivity index (χ1) is 10.0. The van der Waals surface area contributed by atoms with Gasteiger partial charge in [0.1, 0.15) is 0 Å². The number of nitrogens with zero attached hydrogens (tertiary/aromatic N) is 1. The summed E-state index contributed by atoms with van der Waals surface area (Å²) in [6.07, 6.45) is 1.83. The highest BCUT2D eigenvalue weighted by molar-refractivity contribution is 5.69. The van der Waals surface area contributed by atoms with E-state index in [9.17, 15) is 0 Å². The van der Waals surface area contributed by atoms with Crippen LogP contribution in [0.25, 0.3) is 11.3 Å².